The number of carbonyl (C=O) groups excluding carboxylic acids is 1. The molecule has 0 aromatic rings. The van der Waals surface area contributed by atoms with E-state index in [4.69, 9.17) is 9.47 Å². The summed E-state index contributed by atoms with van der Waals surface area (Å²) in [5.74, 6) is -0.721. The average Bonchev–Trinajstić information content (AvgIpc) is 3.24. The first-order valence-corrected chi connectivity index (χ1v) is 16.4. The molecular formula is C33H54O11. The van der Waals surface area contributed by atoms with Crippen molar-refractivity contribution < 1.29 is 55.1 Å². The van der Waals surface area contributed by atoms with Crippen LogP contribution in [-0.2, 0) is 14.3 Å². The summed E-state index contributed by atoms with van der Waals surface area (Å²) in [6, 6.07) is 0. The van der Waals surface area contributed by atoms with Gasteiger partial charge in [-0.2, -0.15) is 0 Å². The zero-order chi connectivity index (χ0) is 32.6. The van der Waals surface area contributed by atoms with Gasteiger partial charge in [0.1, 0.15) is 24.4 Å². The molecule has 0 bridgehead atoms. The van der Waals surface area contributed by atoms with Gasteiger partial charge < -0.3 is 50.3 Å². The number of ether oxygens (including phenoxy) is 2. The number of aliphatic hydroxyl groups is 8. The lowest BCUT2D eigenvalue weighted by atomic mass is 9.46. The van der Waals surface area contributed by atoms with Crippen LogP contribution in [0.5, 0.6) is 0 Å². The van der Waals surface area contributed by atoms with E-state index < -0.39 is 77.7 Å². The summed E-state index contributed by atoms with van der Waals surface area (Å²) in [5.41, 5.74) is -2.42. The normalized spacial score (nSPS) is 49.0. The average molecular weight is 627 g/mol. The zero-order valence-corrected chi connectivity index (χ0v) is 26.7. The van der Waals surface area contributed by atoms with Crippen molar-refractivity contribution in [2.75, 3.05) is 6.61 Å². The zero-order valence-electron chi connectivity index (χ0n) is 26.7. The first kappa shape index (κ1) is 34.3. The summed E-state index contributed by atoms with van der Waals surface area (Å²) in [6.45, 7) is 9.12. The van der Waals surface area contributed by atoms with Crippen LogP contribution in [0.15, 0.2) is 11.6 Å². The Morgan fingerprint density at radius 1 is 1.02 bits per heavy atom. The van der Waals surface area contributed by atoms with Gasteiger partial charge in [0.2, 0.25) is 0 Å². The molecule has 11 nitrogen and oxygen atoms in total. The Kier molecular flexibility index (Phi) is 9.30. The smallest absolute Gasteiger partial charge is 0.187 e. The molecule has 1 saturated heterocycles. The molecule has 0 aromatic carbocycles. The molecule has 11 heteroatoms. The molecule has 5 rings (SSSR count). The van der Waals surface area contributed by atoms with Gasteiger partial charge in [0.05, 0.1) is 36.1 Å². The SMILES string of the molecule is C[C@H](C(O)CCC(C)(C)O[C@@H]1O[C@H](CO)[C@@H](O)[C@H](O)[C@H]1O)C1CCC2(O)C3=CC(=O)[C@@H]4C[C@H](O)[C@@H](O)C[C@]4(C)[C@H]3CC[C@]12C. The summed E-state index contributed by atoms with van der Waals surface area (Å²) >= 11 is 0. The second kappa shape index (κ2) is 11.9. The standard InChI is InChI=1S/C33H54O11/c1-16(21(35)8-9-30(2,3)44-29-28(41)27(40)26(39)25(15-34)43-29)17-7-11-33(42)19-12-22(36)20-13-23(37)24(38)14-31(20,4)18(19)6-10-32(17,33)5/h12,16-18,20-21,23-29,34-35,37-42H,6-11,13-15H2,1-5H3/t16-,17?,18-,20-,21?,23-,24-,25+,26+,27-,28+,29-,31+,32+,33?/m0/s1. The molecule has 44 heavy (non-hydrogen) atoms. The van der Waals surface area contributed by atoms with Gasteiger partial charge in [0, 0.05) is 11.3 Å². The minimum atomic E-state index is -1.54. The Balaban J connectivity index is 1.27. The number of rotatable bonds is 8. The third-order valence-corrected chi connectivity index (χ3v) is 12.8. The van der Waals surface area contributed by atoms with Crippen molar-refractivity contribution >= 4 is 5.78 Å². The Morgan fingerprint density at radius 3 is 2.36 bits per heavy atom. The third kappa shape index (κ3) is 5.42. The molecule has 1 heterocycles. The van der Waals surface area contributed by atoms with E-state index in [1.807, 2.05) is 13.8 Å². The highest BCUT2D eigenvalue weighted by Gasteiger charge is 2.67. The molecule has 4 aliphatic carbocycles. The van der Waals surface area contributed by atoms with Crippen molar-refractivity contribution in [1.82, 2.24) is 0 Å². The lowest BCUT2D eigenvalue weighted by Crippen LogP contribution is -2.61. The number of carbonyl (C=O) groups is 1. The Bertz CT molecular complexity index is 1110. The van der Waals surface area contributed by atoms with E-state index in [1.54, 1.807) is 19.9 Å². The monoisotopic (exact) mass is 626 g/mol. The van der Waals surface area contributed by atoms with E-state index in [2.05, 4.69) is 6.92 Å². The molecule has 15 atom stereocenters. The van der Waals surface area contributed by atoms with E-state index in [0.717, 1.165) is 12.0 Å². The molecule has 0 amide bonds. The van der Waals surface area contributed by atoms with Crippen LogP contribution >= 0.6 is 0 Å². The number of aliphatic hydroxyl groups excluding tert-OH is 7. The first-order chi connectivity index (χ1) is 20.4. The molecule has 4 fully saturated rings. The van der Waals surface area contributed by atoms with E-state index in [-0.39, 0.29) is 35.9 Å². The summed E-state index contributed by atoms with van der Waals surface area (Å²) in [5, 5.41) is 84.8. The quantitative estimate of drug-likeness (QED) is 0.187. The highest BCUT2D eigenvalue weighted by atomic mass is 16.7. The van der Waals surface area contributed by atoms with Crippen molar-refractivity contribution in [3.63, 3.8) is 0 Å². The van der Waals surface area contributed by atoms with Crippen LogP contribution in [0.1, 0.15) is 86.0 Å². The first-order valence-electron chi connectivity index (χ1n) is 16.4. The fourth-order valence-electron chi connectivity index (χ4n) is 9.82. The molecule has 252 valence electrons. The Labute approximate surface area is 259 Å². The highest BCUT2D eigenvalue weighted by molar-refractivity contribution is 5.95. The number of ketones is 1. The maximum absolute atomic E-state index is 13.4. The van der Waals surface area contributed by atoms with E-state index in [1.165, 1.54) is 0 Å². The fraction of sp³-hybridized carbons (Fsp3) is 0.909. The third-order valence-electron chi connectivity index (χ3n) is 12.8. The van der Waals surface area contributed by atoms with Gasteiger partial charge in [-0.1, -0.05) is 20.8 Å². The molecule has 0 spiro atoms. The molecule has 3 unspecified atom stereocenters. The van der Waals surface area contributed by atoms with Gasteiger partial charge in [-0.05, 0) is 100 Å². The summed E-state index contributed by atoms with van der Waals surface area (Å²) in [6.07, 6.45) is -3.83. The molecule has 3 saturated carbocycles. The lowest BCUT2D eigenvalue weighted by molar-refractivity contribution is -0.324. The van der Waals surface area contributed by atoms with Crippen LogP contribution in [-0.4, -0.2) is 113 Å². The largest absolute Gasteiger partial charge is 0.394 e. The van der Waals surface area contributed by atoms with Crippen molar-refractivity contribution in [3.8, 4) is 0 Å². The van der Waals surface area contributed by atoms with Crippen LogP contribution < -0.4 is 0 Å². The summed E-state index contributed by atoms with van der Waals surface area (Å²) < 4.78 is 11.5. The number of hydrogen-bond donors (Lipinski definition) is 8. The Hall–Kier alpha value is -0.990. The van der Waals surface area contributed by atoms with E-state index >= 15 is 0 Å². The lowest BCUT2D eigenvalue weighted by Gasteiger charge is -2.60. The van der Waals surface area contributed by atoms with Crippen molar-refractivity contribution in [1.29, 1.82) is 0 Å². The van der Waals surface area contributed by atoms with E-state index in [9.17, 15) is 45.6 Å². The predicted octanol–water partition coefficient (Wildman–Crippen LogP) is 0.563. The van der Waals surface area contributed by atoms with Gasteiger partial charge >= 0.3 is 0 Å². The summed E-state index contributed by atoms with van der Waals surface area (Å²) in [4.78, 5) is 13.4. The minimum Gasteiger partial charge on any atom is -0.394 e. The molecular weight excluding hydrogens is 572 g/mol. The van der Waals surface area contributed by atoms with Gasteiger partial charge in [-0.25, -0.2) is 0 Å². The van der Waals surface area contributed by atoms with Crippen molar-refractivity contribution in [3.05, 3.63) is 11.6 Å². The van der Waals surface area contributed by atoms with Crippen LogP contribution in [0.4, 0.5) is 0 Å². The fourth-order valence-corrected chi connectivity index (χ4v) is 9.82. The highest BCUT2D eigenvalue weighted by Crippen LogP contribution is 2.68. The van der Waals surface area contributed by atoms with Crippen LogP contribution in [0.3, 0.4) is 0 Å². The number of fused-ring (bicyclic) bond motifs is 5. The van der Waals surface area contributed by atoms with Gasteiger partial charge in [0.15, 0.2) is 12.1 Å². The number of allylic oxidation sites excluding steroid dienone is 1. The van der Waals surface area contributed by atoms with Crippen molar-refractivity contribution in [2.45, 2.75) is 146 Å². The van der Waals surface area contributed by atoms with Crippen LogP contribution in [0, 0.1) is 34.5 Å². The second-order valence-electron chi connectivity index (χ2n) is 15.7. The van der Waals surface area contributed by atoms with Gasteiger partial charge in [-0.15, -0.1) is 0 Å². The second-order valence-corrected chi connectivity index (χ2v) is 15.7. The molecule has 1 aliphatic heterocycles. The van der Waals surface area contributed by atoms with E-state index in [0.29, 0.717) is 38.5 Å². The van der Waals surface area contributed by atoms with Gasteiger partial charge in [0.25, 0.3) is 0 Å². The molecule has 0 aromatic heterocycles. The molecule has 0 radical (unpaired) electrons. The molecule has 5 aliphatic rings. The van der Waals surface area contributed by atoms with Gasteiger partial charge in [-0.3, -0.25) is 4.79 Å². The predicted molar refractivity (Wildman–Crippen MR) is 158 cm³/mol. The van der Waals surface area contributed by atoms with Crippen LogP contribution in [0.25, 0.3) is 0 Å². The summed E-state index contributed by atoms with van der Waals surface area (Å²) in [7, 11) is 0. The Morgan fingerprint density at radius 2 is 1.70 bits per heavy atom. The minimum absolute atomic E-state index is 0.0155. The maximum atomic E-state index is 13.4. The van der Waals surface area contributed by atoms with Crippen LogP contribution in [0.2, 0.25) is 0 Å². The molecule has 8 N–H and O–H groups in total. The van der Waals surface area contributed by atoms with Crippen molar-refractivity contribution in [2.24, 2.45) is 34.5 Å². The number of hydrogen-bond acceptors (Lipinski definition) is 11. The maximum Gasteiger partial charge on any atom is 0.187 e. The topological polar surface area (TPSA) is 197 Å².